The van der Waals surface area contributed by atoms with Gasteiger partial charge >= 0.3 is 0 Å². The number of para-hydroxylation sites is 1. The molecular weight excluding hydrogens is 340 g/mol. The van der Waals surface area contributed by atoms with E-state index in [4.69, 9.17) is 9.47 Å². The number of carbonyl (C=O) groups is 1. The highest BCUT2D eigenvalue weighted by Crippen LogP contribution is 2.28. The van der Waals surface area contributed by atoms with Gasteiger partial charge in [-0.25, -0.2) is 0 Å². The van der Waals surface area contributed by atoms with Gasteiger partial charge in [0.05, 0.1) is 27.8 Å². The first-order valence-electron chi connectivity index (χ1n) is 9.47. The zero-order valence-corrected chi connectivity index (χ0v) is 16.6. The molecule has 2 atom stereocenters. The van der Waals surface area contributed by atoms with E-state index in [2.05, 4.69) is 19.2 Å². The maximum absolute atomic E-state index is 13.0. The summed E-state index contributed by atoms with van der Waals surface area (Å²) in [6.07, 6.45) is 1.82. The van der Waals surface area contributed by atoms with Crippen LogP contribution in [-0.2, 0) is 17.6 Å². The second kappa shape index (κ2) is 8.44. The van der Waals surface area contributed by atoms with Crippen molar-refractivity contribution in [2.24, 2.45) is 0 Å². The number of carbonyl (C=O) groups excluding carboxylic acids is 1. The fraction of sp³-hybridized carbons (Fsp3) is 0.409. The van der Waals surface area contributed by atoms with Crippen molar-refractivity contribution in [3.05, 3.63) is 53.6 Å². The number of likely N-dealkylation sites (N-methyl/N-ethyl adjacent to an activating group) is 1. The number of methoxy groups -OCH3 is 2. The van der Waals surface area contributed by atoms with Gasteiger partial charge in [0.2, 0.25) is 0 Å². The molecule has 3 rings (SSSR count). The Morgan fingerprint density at radius 1 is 1.15 bits per heavy atom. The van der Waals surface area contributed by atoms with Crippen molar-refractivity contribution >= 4 is 11.6 Å². The Hall–Kier alpha value is -2.53. The van der Waals surface area contributed by atoms with E-state index in [-0.39, 0.29) is 11.9 Å². The fourth-order valence-electron chi connectivity index (χ4n) is 3.61. The Labute approximate surface area is 161 Å². The van der Waals surface area contributed by atoms with Gasteiger partial charge in [0.25, 0.3) is 5.91 Å². The standard InChI is InChI=1S/C22H28N2O3/c1-16(22(25)24-14-12-18-7-5-6-8-19(18)24)23(2)13-11-17-9-10-20(26-3)21(15-17)27-4/h5-10,15-16H,11-14H2,1-4H3/p+1/t16-/m0/s1. The molecule has 5 nitrogen and oxygen atoms in total. The minimum absolute atomic E-state index is 0.0868. The predicted octanol–water partition coefficient (Wildman–Crippen LogP) is 1.74. The number of rotatable bonds is 7. The van der Waals surface area contributed by atoms with Crippen molar-refractivity contribution in [3.8, 4) is 11.5 Å². The van der Waals surface area contributed by atoms with Gasteiger partial charge in [-0.1, -0.05) is 24.3 Å². The lowest BCUT2D eigenvalue weighted by Crippen LogP contribution is -3.14. The van der Waals surface area contributed by atoms with E-state index in [1.165, 1.54) is 16.0 Å². The van der Waals surface area contributed by atoms with Crippen LogP contribution in [0.15, 0.2) is 42.5 Å². The lowest BCUT2D eigenvalue weighted by Gasteiger charge is -2.26. The molecule has 1 N–H and O–H groups in total. The first-order chi connectivity index (χ1) is 13.0. The summed E-state index contributed by atoms with van der Waals surface area (Å²) in [6.45, 7) is 3.68. The summed E-state index contributed by atoms with van der Waals surface area (Å²) in [5.41, 5.74) is 3.52. The molecule has 144 valence electrons. The van der Waals surface area contributed by atoms with Gasteiger partial charge in [-0.15, -0.1) is 0 Å². The molecule has 0 aliphatic carbocycles. The summed E-state index contributed by atoms with van der Waals surface area (Å²) in [6, 6.07) is 14.1. The quantitative estimate of drug-likeness (QED) is 0.809. The molecule has 1 aliphatic heterocycles. The SMILES string of the molecule is COc1ccc(CC[NH+](C)[C@@H](C)C(=O)N2CCc3ccccc32)cc1OC. The average molecular weight is 369 g/mol. The average Bonchev–Trinajstić information content (AvgIpc) is 3.14. The minimum atomic E-state index is -0.0868. The van der Waals surface area contributed by atoms with Crippen LogP contribution in [0.3, 0.4) is 0 Å². The maximum Gasteiger partial charge on any atom is 0.284 e. The smallest absolute Gasteiger partial charge is 0.284 e. The molecule has 1 unspecified atom stereocenters. The Balaban J connectivity index is 1.61. The summed E-state index contributed by atoms with van der Waals surface area (Å²) in [7, 11) is 5.37. The van der Waals surface area contributed by atoms with Crippen LogP contribution in [0.25, 0.3) is 0 Å². The minimum Gasteiger partial charge on any atom is -0.493 e. The first-order valence-corrected chi connectivity index (χ1v) is 9.47. The lowest BCUT2D eigenvalue weighted by atomic mass is 10.1. The maximum atomic E-state index is 13.0. The first kappa shape index (κ1) is 19.2. The number of amides is 1. The van der Waals surface area contributed by atoms with Crippen LogP contribution in [0, 0.1) is 0 Å². The van der Waals surface area contributed by atoms with E-state index < -0.39 is 0 Å². The molecule has 0 aromatic heterocycles. The van der Waals surface area contributed by atoms with Crippen molar-refractivity contribution in [1.82, 2.24) is 0 Å². The zero-order valence-electron chi connectivity index (χ0n) is 16.6. The number of anilines is 1. The van der Waals surface area contributed by atoms with Gasteiger partial charge in [0.1, 0.15) is 0 Å². The van der Waals surface area contributed by atoms with E-state index >= 15 is 0 Å². The molecule has 1 aliphatic rings. The summed E-state index contributed by atoms with van der Waals surface area (Å²) < 4.78 is 10.7. The molecule has 0 fully saturated rings. The molecule has 0 saturated carbocycles. The van der Waals surface area contributed by atoms with E-state index in [1.54, 1.807) is 14.2 Å². The summed E-state index contributed by atoms with van der Waals surface area (Å²) >= 11 is 0. The number of nitrogens with zero attached hydrogens (tertiary/aromatic N) is 1. The molecule has 1 heterocycles. The molecular formula is C22H29N2O3+. The van der Waals surface area contributed by atoms with Crippen LogP contribution in [0.1, 0.15) is 18.1 Å². The third-order valence-electron chi connectivity index (χ3n) is 5.52. The van der Waals surface area contributed by atoms with E-state index in [0.717, 1.165) is 43.1 Å². The molecule has 2 aromatic rings. The second-order valence-corrected chi connectivity index (χ2v) is 7.13. The summed E-state index contributed by atoms with van der Waals surface area (Å²) in [4.78, 5) is 16.2. The van der Waals surface area contributed by atoms with E-state index in [1.807, 2.05) is 42.2 Å². The predicted molar refractivity (Wildman–Crippen MR) is 107 cm³/mol. The number of benzene rings is 2. The van der Waals surface area contributed by atoms with Crippen molar-refractivity contribution in [2.45, 2.75) is 25.8 Å². The van der Waals surface area contributed by atoms with Crippen LogP contribution in [0.4, 0.5) is 5.69 Å². The Morgan fingerprint density at radius 2 is 1.89 bits per heavy atom. The fourth-order valence-corrected chi connectivity index (χ4v) is 3.61. The number of quaternary nitrogens is 1. The Morgan fingerprint density at radius 3 is 2.63 bits per heavy atom. The highest BCUT2D eigenvalue weighted by molar-refractivity contribution is 5.97. The van der Waals surface area contributed by atoms with Gasteiger partial charge < -0.3 is 19.3 Å². The zero-order chi connectivity index (χ0) is 19.4. The van der Waals surface area contributed by atoms with Crippen LogP contribution >= 0.6 is 0 Å². The largest absolute Gasteiger partial charge is 0.493 e. The molecule has 5 heteroatoms. The highest BCUT2D eigenvalue weighted by Gasteiger charge is 2.31. The van der Waals surface area contributed by atoms with E-state index in [0.29, 0.717) is 0 Å². The van der Waals surface area contributed by atoms with Crippen molar-refractivity contribution in [3.63, 3.8) is 0 Å². The Bertz CT molecular complexity index is 806. The van der Waals surface area contributed by atoms with Gasteiger partial charge in [0, 0.05) is 18.7 Å². The van der Waals surface area contributed by atoms with Crippen LogP contribution in [0.2, 0.25) is 0 Å². The molecule has 0 bridgehead atoms. The molecule has 0 spiro atoms. The van der Waals surface area contributed by atoms with Crippen LogP contribution < -0.4 is 19.3 Å². The molecule has 1 amide bonds. The van der Waals surface area contributed by atoms with Gasteiger partial charge in [-0.05, 0) is 42.7 Å². The van der Waals surface area contributed by atoms with Gasteiger partial charge in [0.15, 0.2) is 17.5 Å². The number of hydrogen-bond acceptors (Lipinski definition) is 3. The van der Waals surface area contributed by atoms with E-state index in [9.17, 15) is 4.79 Å². The number of nitrogens with one attached hydrogen (secondary N) is 1. The van der Waals surface area contributed by atoms with Gasteiger partial charge in [-0.3, -0.25) is 4.79 Å². The van der Waals surface area contributed by atoms with Crippen LogP contribution in [0.5, 0.6) is 11.5 Å². The van der Waals surface area contributed by atoms with Crippen molar-refractivity contribution in [1.29, 1.82) is 0 Å². The monoisotopic (exact) mass is 369 g/mol. The van der Waals surface area contributed by atoms with Crippen molar-refractivity contribution in [2.75, 3.05) is 39.3 Å². The molecule has 2 aromatic carbocycles. The normalized spacial score (nSPS) is 15.2. The number of ether oxygens (including phenoxy) is 2. The highest BCUT2D eigenvalue weighted by atomic mass is 16.5. The summed E-state index contributed by atoms with van der Waals surface area (Å²) in [5, 5.41) is 0. The number of fused-ring (bicyclic) bond motifs is 1. The van der Waals surface area contributed by atoms with Crippen molar-refractivity contribution < 1.29 is 19.2 Å². The topological polar surface area (TPSA) is 43.2 Å². The van der Waals surface area contributed by atoms with Crippen LogP contribution in [-0.4, -0.2) is 46.3 Å². The molecule has 0 saturated heterocycles. The lowest BCUT2D eigenvalue weighted by molar-refractivity contribution is -0.893. The molecule has 0 radical (unpaired) electrons. The third-order valence-corrected chi connectivity index (χ3v) is 5.52. The number of hydrogen-bond donors (Lipinski definition) is 1. The second-order valence-electron chi connectivity index (χ2n) is 7.13. The molecule has 27 heavy (non-hydrogen) atoms. The summed E-state index contributed by atoms with van der Waals surface area (Å²) in [5.74, 6) is 1.67. The Kier molecular flexibility index (Phi) is 6.01. The van der Waals surface area contributed by atoms with Gasteiger partial charge in [-0.2, -0.15) is 0 Å². The third kappa shape index (κ3) is 4.08.